The lowest BCUT2D eigenvalue weighted by atomic mass is 10.2. The quantitative estimate of drug-likeness (QED) is 0.519. The minimum atomic E-state index is -0.248. The summed E-state index contributed by atoms with van der Waals surface area (Å²) in [5, 5.41) is 17.1. The van der Waals surface area contributed by atoms with E-state index in [2.05, 4.69) is 20.6 Å². The summed E-state index contributed by atoms with van der Waals surface area (Å²) in [5.74, 6) is -0.248. The van der Waals surface area contributed by atoms with Crippen LogP contribution in [0.15, 0.2) is 54.6 Å². The number of aromatic nitrogens is 4. The minimum Gasteiger partial charge on any atom is -0.296 e. The molecular weight excluding hydrogens is 394 g/mol. The monoisotopic (exact) mass is 409 g/mol. The van der Waals surface area contributed by atoms with E-state index in [1.807, 2.05) is 54.9 Å². The number of carbonyl (C=O) groups excluding carboxylic acids is 1. The number of anilines is 1. The van der Waals surface area contributed by atoms with Gasteiger partial charge in [0.1, 0.15) is 0 Å². The molecule has 0 saturated carbocycles. The van der Waals surface area contributed by atoms with Gasteiger partial charge in [-0.05, 0) is 50.2 Å². The molecule has 0 bridgehead atoms. The van der Waals surface area contributed by atoms with Gasteiger partial charge in [-0.1, -0.05) is 41.1 Å². The van der Waals surface area contributed by atoms with Crippen LogP contribution in [0.2, 0.25) is 5.02 Å². The van der Waals surface area contributed by atoms with Crippen LogP contribution in [0.25, 0.3) is 16.3 Å². The van der Waals surface area contributed by atoms with E-state index in [1.165, 1.54) is 11.3 Å². The number of nitrogens with zero attached hydrogens (tertiary/aromatic N) is 4. The molecular formula is C20H16ClN5OS. The summed E-state index contributed by atoms with van der Waals surface area (Å²) in [6.45, 7) is 3.94. The molecule has 1 amide bonds. The average molecular weight is 410 g/mol. The zero-order valence-corrected chi connectivity index (χ0v) is 16.8. The maximum Gasteiger partial charge on any atom is 0.257 e. The van der Waals surface area contributed by atoms with Gasteiger partial charge in [-0.3, -0.25) is 10.1 Å². The summed E-state index contributed by atoms with van der Waals surface area (Å²) in [5.41, 5.74) is 4.20. The Bertz CT molecular complexity index is 1150. The van der Waals surface area contributed by atoms with Crippen molar-refractivity contribution in [3.8, 4) is 16.3 Å². The van der Waals surface area contributed by atoms with Gasteiger partial charge < -0.3 is 0 Å². The fourth-order valence-corrected chi connectivity index (χ4v) is 3.89. The Labute approximate surface area is 170 Å². The molecule has 8 heteroatoms. The van der Waals surface area contributed by atoms with E-state index in [0.717, 1.165) is 22.6 Å². The highest BCUT2D eigenvalue weighted by Crippen LogP contribution is 2.31. The van der Waals surface area contributed by atoms with Gasteiger partial charge in [0, 0.05) is 16.8 Å². The largest absolute Gasteiger partial charge is 0.296 e. The molecule has 0 aliphatic carbocycles. The van der Waals surface area contributed by atoms with E-state index in [-0.39, 0.29) is 5.91 Å². The van der Waals surface area contributed by atoms with Gasteiger partial charge in [0.25, 0.3) is 5.91 Å². The van der Waals surface area contributed by atoms with Gasteiger partial charge in [0.2, 0.25) is 5.13 Å². The number of hydrogen-bond donors (Lipinski definition) is 1. The van der Waals surface area contributed by atoms with Crippen molar-refractivity contribution in [3.05, 3.63) is 76.6 Å². The highest BCUT2D eigenvalue weighted by molar-refractivity contribution is 7.18. The molecule has 0 aliphatic heterocycles. The molecule has 0 aliphatic rings. The third kappa shape index (κ3) is 3.67. The Hall–Kier alpha value is -3.03. The summed E-state index contributed by atoms with van der Waals surface area (Å²) >= 11 is 7.47. The van der Waals surface area contributed by atoms with Gasteiger partial charge >= 0.3 is 0 Å². The Kier molecular flexibility index (Phi) is 4.93. The van der Waals surface area contributed by atoms with Crippen LogP contribution in [0.3, 0.4) is 0 Å². The zero-order chi connectivity index (χ0) is 19.7. The van der Waals surface area contributed by atoms with Gasteiger partial charge in [-0.25, -0.2) is 4.68 Å². The van der Waals surface area contributed by atoms with E-state index in [4.69, 9.17) is 11.6 Å². The Morgan fingerprint density at radius 3 is 2.50 bits per heavy atom. The second-order valence-electron chi connectivity index (χ2n) is 6.23. The van der Waals surface area contributed by atoms with Crippen LogP contribution < -0.4 is 5.32 Å². The SMILES string of the molecule is Cc1cc(C)n(-c2ccc(C(=O)Nc3nnc(-c4ccccc4Cl)s3)cc2)n1. The van der Waals surface area contributed by atoms with Crippen LogP contribution >= 0.6 is 22.9 Å². The molecule has 6 nitrogen and oxygen atoms in total. The van der Waals surface area contributed by atoms with Crippen LogP contribution in [-0.2, 0) is 0 Å². The average Bonchev–Trinajstić information content (AvgIpc) is 3.28. The Morgan fingerprint density at radius 1 is 1.07 bits per heavy atom. The number of amides is 1. The van der Waals surface area contributed by atoms with Crippen molar-refractivity contribution in [1.29, 1.82) is 0 Å². The van der Waals surface area contributed by atoms with E-state index in [1.54, 1.807) is 18.2 Å². The van der Waals surface area contributed by atoms with Gasteiger partial charge in [0.15, 0.2) is 5.01 Å². The molecule has 0 atom stereocenters. The van der Waals surface area contributed by atoms with Crippen molar-refractivity contribution in [3.63, 3.8) is 0 Å². The standard InChI is InChI=1S/C20H16ClN5OS/c1-12-11-13(2)26(25-12)15-9-7-14(8-10-15)18(27)22-20-24-23-19(28-20)16-5-3-4-6-17(16)21/h3-11H,1-2H3,(H,22,24,27). The highest BCUT2D eigenvalue weighted by Gasteiger charge is 2.13. The first kappa shape index (κ1) is 18.3. The predicted octanol–water partition coefficient (Wildman–Crippen LogP) is 4.91. The third-order valence-electron chi connectivity index (χ3n) is 4.13. The fraction of sp³-hybridized carbons (Fsp3) is 0.100. The van der Waals surface area contributed by atoms with Crippen molar-refractivity contribution in [1.82, 2.24) is 20.0 Å². The van der Waals surface area contributed by atoms with E-state index < -0.39 is 0 Å². The van der Waals surface area contributed by atoms with Crippen LogP contribution in [0.1, 0.15) is 21.7 Å². The predicted molar refractivity (Wildman–Crippen MR) is 111 cm³/mol. The van der Waals surface area contributed by atoms with E-state index in [0.29, 0.717) is 20.7 Å². The van der Waals surface area contributed by atoms with Crippen molar-refractivity contribution < 1.29 is 4.79 Å². The van der Waals surface area contributed by atoms with E-state index in [9.17, 15) is 4.79 Å². The van der Waals surface area contributed by atoms with Crippen LogP contribution in [-0.4, -0.2) is 25.9 Å². The molecule has 0 spiro atoms. The first-order chi connectivity index (χ1) is 13.5. The first-order valence-corrected chi connectivity index (χ1v) is 9.74. The molecule has 4 aromatic rings. The molecule has 28 heavy (non-hydrogen) atoms. The summed E-state index contributed by atoms with van der Waals surface area (Å²) < 4.78 is 1.84. The summed E-state index contributed by atoms with van der Waals surface area (Å²) in [6.07, 6.45) is 0. The van der Waals surface area contributed by atoms with Gasteiger partial charge in [0.05, 0.1) is 16.4 Å². The molecule has 4 rings (SSSR count). The maximum atomic E-state index is 12.5. The number of carbonyl (C=O) groups is 1. The number of hydrogen-bond acceptors (Lipinski definition) is 5. The first-order valence-electron chi connectivity index (χ1n) is 8.55. The summed E-state index contributed by atoms with van der Waals surface area (Å²) in [4.78, 5) is 12.5. The smallest absolute Gasteiger partial charge is 0.257 e. The molecule has 2 heterocycles. The normalized spacial score (nSPS) is 10.8. The molecule has 0 saturated heterocycles. The Balaban J connectivity index is 1.50. The number of aryl methyl sites for hydroxylation is 2. The zero-order valence-electron chi connectivity index (χ0n) is 15.2. The highest BCUT2D eigenvalue weighted by atomic mass is 35.5. The van der Waals surface area contributed by atoms with Crippen LogP contribution in [0.4, 0.5) is 5.13 Å². The topological polar surface area (TPSA) is 72.7 Å². The lowest BCUT2D eigenvalue weighted by Gasteiger charge is -2.06. The molecule has 140 valence electrons. The van der Waals surface area contributed by atoms with Crippen molar-refractivity contribution in [2.75, 3.05) is 5.32 Å². The second-order valence-corrected chi connectivity index (χ2v) is 7.62. The van der Waals surface area contributed by atoms with E-state index >= 15 is 0 Å². The Morgan fingerprint density at radius 2 is 1.82 bits per heavy atom. The minimum absolute atomic E-state index is 0.248. The second kappa shape index (κ2) is 7.53. The molecule has 0 unspecified atom stereocenters. The molecule has 0 radical (unpaired) electrons. The fourth-order valence-electron chi connectivity index (χ4n) is 2.83. The number of rotatable bonds is 4. The van der Waals surface area contributed by atoms with Gasteiger partial charge in [-0.15, -0.1) is 10.2 Å². The summed E-state index contributed by atoms with van der Waals surface area (Å²) in [6, 6.07) is 16.7. The molecule has 1 N–H and O–H groups in total. The number of benzene rings is 2. The third-order valence-corrected chi connectivity index (χ3v) is 5.33. The van der Waals surface area contributed by atoms with Crippen molar-refractivity contribution >= 4 is 34.0 Å². The lowest BCUT2D eigenvalue weighted by Crippen LogP contribution is -2.12. The molecule has 2 aromatic carbocycles. The van der Waals surface area contributed by atoms with Crippen LogP contribution in [0, 0.1) is 13.8 Å². The molecule has 0 fully saturated rings. The maximum absolute atomic E-state index is 12.5. The summed E-state index contributed by atoms with van der Waals surface area (Å²) in [7, 11) is 0. The lowest BCUT2D eigenvalue weighted by molar-refractivity contribution is 0.102. The van der Waals surface area contributed by atoms with Gasteiger partial charge in [-0.2, -0.15) is 5.10 Å². The number of halogens is 1. The van der Waals surface area contributed by atoms with Crippen LogP contribution in [0.5, 0.6) is 0 Å². The van der Waals surface area contributed by atoms with Crippen molar-refractivity contribution in [2.45, 2.75) is 13.8 Å². The molecule has 2 aromatic heterocycles. The number of nitrogens with one attached hydrogen (secondary N) is 1. The van der Waals surface area contributed by atoms with Crippen molar-refractivity contribution in [2.24, 2.45) is 0 Å².